The second kappa shape index (κ2) is 11.0. The second-order valence-electron chi connectivity index (χ2n) is 9.35. The Morgan fingerprint density at radius 2 is 1.70 bits per heavy atom. The molecule has 174 valence electrons. The van der Waals surface area contributed by atoms with Gasteiger partial charge in [0.1, 0.15) is 0 Å². The standard InChI is InChI=1S/C27H35N5O/c1-6-32-25-17-22(26(33)31(15-13-19(2)3)16-14-20(4)5)9-12-24(25)30-27(32)29-23-10-7-21(18-28)8-11-23/h7-12,17,19-20H,6,13-16H2,1-5H3,(H,29,30). The normalized spacial score (nSPS) is 11.2. The van der Waals surface area contributed by atoms with Crippen molar-refractivity contribution in [3.8, 4) is 6.07 Å². The lowest BCUT2D eigenvalue weighted by molar-refractivity contribution is 0.0741. The quantitative estimate of drug-likeness (QED) is 0.403. The number of benzene rings is 2. The SMILES string of the molecule is CCn1c(Nc2ccc(C#N)cc2)nc2ccc(C(=O)N(CCC(C)C)CCC(C)C)cc21. The van der Waals surface area contributed by atoms with Gasteiger partial charge in [-0.05, 0) is 74.1 Å². The molecule has 0 radical (unpaired) electrons. The highest BCUT2D eigenvalue weighted by Crippen LogP contribution is 2.25. The highest BCUT2D eigenvalue weighted by molar-refractivity contribution is 5.98. The average molecular weight is 446 g/mol. The summed E-state index contributed by atoms with van der Waals surface area (Å²) in [6.45, 7) is 13.1. The minimum Gasteiger partial charge on any atom is -0.339 e. The van der Waals surface area contributed by atoms with E-state index in [0.717, 1.165) is 55.1 Å². The molecule has 3 aromatic rings. The van der Waals surface area contributed by atoms with Crippen molar-refractivity contribution in [2.75, 3.05) is 18.4 Å². The summed E-state index contributed by atoms with van der Waals surface area (Å²) in [6.07, 6.45) is 2.00. The zero-order valence-electron chi connectivity index (χ0n) is 20.4. The van der Waals surface area contributed by atoms with Crippen LogP contribution in [0, 0.1) is 23.2 Å². The Balaban J connectivity index is 1.89. The molecule has 1 N–H and O–H groups in total. The first kappa shape index (κ1) is 24.3. The Bertz CT molecular complexity index is 1110. The van der Waals surface area contributed by atoms with Crippen LogP contribution in [-0.2, 0) is 6.54 Å². The molecule has 0 bridgehead atoms. The molecule has 0 spiro atoms. The molecule has 0 saturated carbocycles. The zero-order valence-corrected chi connectivity index (χ0v) is 20.4. The molecule has 0 unspecified atom stereocenters. The van der Waals surface area contributed by atoms with Crippen molar-refractivity contribution in [3.63, 3.8) is 0 Å². The van der Waals surface area contributed by atoms with E-state index in [2.05, 4.69) is 50.6 Å². The van der Waals surface area contributed by atoms with Crippen LogP contribution < -0.4 is 5.32 Å². The van der Waals surface area contributed by atoms with Gasteiger partial charge in [0.05, 0.1) is 22.7 Å². The number of aryl methyl sites for hydroxylation is 1. The fourth-order valence-corrected chi connectivity index (χ4v) is 3.75. The number of amides is 1. The van der Waals surface area contributed by atoms with Crippen molar-refractivity contribution in [1.29, 1.82) is 5.26 Å². The molecule has 0 aliphatic carbocycles. The maximum absolute atomic E-state index is 13.4. The maximum atomic E-state index is 13.4. The lowest BCUT2D eigenvalue weighted by atomic mass is 10.1. The number of nitrogens with one attached hydrogen (secondary N) is 1. The summed E-state index contributed by atoms with van der Waals surface area (Å²) in [5.74, 6) is 1.92. The zero-order chi connectivity index (χ0) is 24.0. The molecular formula is C27H35N5O. The molecule has 1 amide bonds. The van der Waals surface area contributed by atoms with Gasteiger partial charge in [-0.15, -0.1) is 0 Å². The van der Waals surface area contributed by atoms with E-state index in [-0.39, 0.29) is 5.91 Å². The molecule has 0 aliphatic rings. The Kier molecular flexibility index (Phi) is 8.11. The van der Waals surface area contributed by atoms with Crippen molar-refractivity contribution < 1.29 is 4.79 Å². The molecule has 3 rings (SSSR count). The summed E-state index contributed by atoms with van der Waals surface area (Å²) in [4.78, 5) is 20.2. The molecule has 0 aliphatic heterocycles. The predicted octanol–water partition coefficient (Wildman–Crippen LogP) is 6.21. The molecular weight excluding hydrogens is 410 g/mol. The summed E-state index contributed by atoms with van der Waals surface area (Å²) in [7, 11) is 0. The fraction of sp³-hybridized carbons (Fsp3) is 0.444. The van der Waals surface area contributed by atoms with Gasteiger partial charge in [-0.1, -0.05) is 27.7 Å². The van der Waals surface area contributed by atoms with E-state index in [4.69, 9.17) is 10.2 Å². The smallest absolute Gasteiger partial charge is 0.253 e. The van der Waals surface area contributed by atoms with Crippen LogP contribution in [0.1, 0.15) is 63.4 Å². The summed E-state index contributed by atoms with van der Waals surface area (Å²) in [5, 5.41) is 12.4. The Morgan fingerprint density at radius 1 is 1.06 bits per heavy atom. The lowest BCUT2D eigenvalue weighted by Gasteiger charge is -2.24. The largest absolute Gasteiger partial charge is 0.339 e. The van der Waals surface area contributed by atoms with Crippen molar-refractivity contribution >= 4 is 28.6 Å². The number of nitriles is 1. The van der Waals surface area contributed by atoms with Gasteiger partial charge in [0.2, 0.25) is 5.95 Å². The third-order valence-electron chi connectivity index (χ3n) is 5.82. The molecule has 2 aromatic carbocycles. The van der Waals surface area contributed by atoms with Gasteiger partial charge in [-0.25, -0.2) is 4.98 Å². The highest BCUT2D eigenvalue weighted by atomic mass is 16.2. The first-order valence-corrected chi connectivity index (χ1v) is 11.9. The number of hydrogen-bond donors (Lipinski definition) is 1. The molecule has 6 heteroatoms. The van der Waals surface area contributed by atoms with Crippen molar-refractivity contribution in [1.82, 2.24) is 14.5 Å². The molecule has 0 atom stereocenters. The number of rotatable bonds is 10. The van der Waals surface area contributed by atoms with Gasteiger partial charge in [0.25, 0.3) is 5.91 Å². The highest BCUT2D eigenvalue weighted by Gasteiger charge is 2.19. The van der Waals surface area contributed by atoms with E-state index >= 15 is 0 Å². The summed E-state index contributed by atoms with van der Waals surface area (Å²) >= 11 is 0. The third kappa shape index (κ3) is 6.13. The Labute approximate surface area is 197 Å². The lowest BCUT2D eigenvalue weighted by Crippen LogP contribution is -2.34. The Morgan fingerprint density at radius 3 is 2.24 bits per heavy atom. The van der Waals surface area contributed by atoms with E-state index in [9.17, 15) is 4.79 Å². The predicted molar refractivity (Wildman–Crippen MR) is 135 cm³/mol. The molecule has 1 heterocycles. The average Bonchev–Trinajstić information content (AvgIpc) is 3.14. The second-order valence-corrected chi connectivity index (χ2v) is 9.35. The van der Waals surface area contributed by atoms with E-state index in [1.807, 2.05) is 35.2 Å². The molecule has 33 heavy (non-hydrogen) atoms. The Hall–Kier alpha value is -3.33. The van der Waals surface area contributed by atoms with Gasteiger partial charge in [-0.2, -0.15) is 5.26 Å². The fourth-order valence-electron chi connectivity index (χ4n) is 3.75. The first-order chi connectivity index (χ1) is 15.8. The molecule has 1 aromatic heterocycles. The number of carbonyl (C=O) groups is 1. The van der Waals surface area contributed by atoms with Crippen molar-refractivity contribution in [2.24, 2.45) is 11.8 Å². The first-order valence-electron chi connectivity index (χ1n) is 11.9. The van der Waals surface area contributed by atoms with E-state index < -0.39 is 0 Å². The molecule has 0 saturated heterocycles. The molecule has 6 nitrogen and oxygen atoms in total. The summed E-state index contributed by atoms with van der Waals surface area (Å²) in [6, 6.07) is 15.2. The van der Waals surface area contributed by atoms with Crippen molar-refractivity contribution in [3.05, 3.63) is 53.6 Å². The number of fused-ring (bicyclic) bond motifs is 1. The number of imidazole rings is 1. The monoisotopic (exact) mass is 445 g/mol. The summed E-state index contributed by atoms with van der Waals surface area (Å²) in [5.41, 5.74) is 3.97. The number of nitrogens with zero attached hydrogens (tertiary/aromatic N) is 4. The van der Waals surface area contributed by atoms with Crippen LogP contribution in [0.2, 0.25) is 0 Å². The van der Waals surface area contributed by atoms with Crippen LogP contribution in [-0.4, -0.2) is 33.4 Å². The topological polar surface area (TPSA) is 74.0 Å². The van der Waals surface area contributed by atoms with Gasteiger partial charge >= 0.3 is 0 Å². The van der Waals surface area contributed by atoms with E-state index in [1.165, 1.54) is 0 Å². The van der Waals surface area contributed by atoms with Crippen LogP contribution in [0.3, 0.4) is 0 Å². The number of anilines is 2. The number of aromatic nitrogens is 2. The van der Waals surface area contributed by atoms with Crippen molar-refractivity contribution in [2.45, 2.75) is 54.0 Å². The van der Waals surface area contributed by atoms with Crippen LogP contribution in [0.25, 0.3) is 11.0 Å². The van der Waals surface area contributed by atoms with Crippen LogP contribution in [0.4, 0.5) is 11.6 Å². The van der Waals surface area contributed by atoms with Gasteiger partial charge in [0.15, 0.2) is 0 Å². The molecule has 0 fully saturated rings. The van der Waals surface area contributed by atoms with E-state index in [1.54, 1.807) is 12.1 Å². The maximum Gasteiger partial charge on any atom is 0.253 e. The minimum atomic E-state index is 0.0867. The van der Waals surface area contributed by atoms with E-state index in [0.29, 0.717) is 23.0 Å². The van der Waals surface area contributed by atoms with Crippen LogP contribution >= 0.6 is 0 Å². The van der Waals surface area contributed by atoms with Crippen LogP contribution in [0.5, 0.6) is 0 Å². The minimum absolute atomic E-state index is 0.0867. The van der Waals surface area contributed by atoms with Gasteiger partial charge < -0.3 is 14.8 Å². The third-order valence-corrected chi connectivity index (χ3v) is 5.82. The summed E-state index contributed by atoms with van der Waals surface area (Å²) < 4.78 is 2.08. The van der Waals surface area contributed by atoms with Gasteiger partial charge in [-0.3, -0.25) is 4.79 Å². The number of hydrogen-bond acceptors (Lipinski definition) is 4. The van der Waals surface area contributed by atoms with Crippen LogP contribution in [0.15, 0.2) is 42.5 Å². The van der Waals surface area contributed by atoms with Gasteiger partial charge in [0, 0.05) is 30.9 Å². The number of carbonyl (C=O) groups excluding carboxylic acids is 1.